The monoisotopic (exact) mass is 231 g/mol. The highest BCUT2D eigenvalue weighted by molar-refractivity contribution is 8.13. The summed E-state index contributed by atoms with van der Waals surface area (Å²) in [4.78, 5) is 0. The standard InChI is InChI=1S/C9H11F2N3S/c10-9(11,6-15-8(12)14-13)7-4-2-1-3-5-7/h1-5H,6,13H2,(H2,12,14). The lowest BCUT2D eigenvalue weighted by Crippen LogP contribution is -2.20. The molecular weight excluding hydrogens is 220 g/mol. The normalized spacial score (nSPS) is 12.8. The van der Waals surface area contributed by atoms with Crippen LogP contribution in [-0.4, -0.2) is 10.9 Å². The predicted octanol–water partition coefficient (Wildman–Crippen LogP) is 1.70. The van der Waals surface area contributed by atoms with Crippen LogP contribution in [0.3, 0.4) is 0 Å². The summed E-state index contributed by atoms with van der Waals surface area (Å²) in [5.74, 6) is 1.44. The quantitative estimate of drug-likeness (QED) is 0.360. The number of nitrogens with two attached hydrogens (primary N) is 2. The molecule has 0 bridgehead atoms. The molecule has 0 heterocycles. The zero-order chi connectivity index (χ0) is 11.3. The molecule has 0 aliphatic carbocycles. The summed E-state index contributed by atoms with van der Waals surface area (Å²) in [6, 6.07) is 7.55. The van der Waals surface area contributed by atoms with Gasteiger partial charge >= 0.3 is 0 Å². The Kier molecular flexibility index (Phi) is 3.90. The van der Waals surface area contributed by atoms with Crippen molar-refractivity contribution in [1.29, 1.82) is 0 Å². The molecule has 0 atom stereocenters. The average Bonchev–Trinajstić information content (AvgIpc) is 2.27. The van der Waals surface area contributed by atoms with Gasteiger partial charge in [-0.2, -0.15) is 5.10 Å². The molecule has 82 valence electrons. The molecule has 0 spiro atoms. The van der Waals surface area contributed by atoms with Crippen molar-refractivity contribution in [3.63, 3.8) is 0 Å². The van der Waals surface area contributed by atoms with Crippen LogP contribution in [-0.2, 0) is 5.92 Å². The first-order valence-electron chi connectivity index (χ1n) is 4.16. The average molecular weight is 231 g/mol. The minimum absolute atomic E-state index is 0.0395. The molecule has 0 fully saturated rings. The van der Waals surface area contributed by atoms with Gasteiger partial charge in [-0.05, 0) is 0 Å². The van der Waals surface area contributed by atoms with Crippen molar-refractivity contribution >= 4 is 16.9 Å². The predicted molar refractivity (Wildman–Crippen MR) is 58.6 cm³/mol. The molecule has 1 aromatic carbocycles. The molecule has 1 rings (SSSR count). The summed E-state index contributed by atoms with van der Waals surface area (Å²) >= 11 is 0.731. The Labute approximate surface area is 90.5 Å². The minimum atomic E-state index is -2.93. The summed E-state index contributed by atoms with van der Waals surface area (Å²) in [5.41, 5.74) is 5.17. The van der Waals surface area contributed by atoms with Gasteiger partial charge in [-0.1, -0.05) is 42.1 Å². The third kappa shape index (κ3) is 3.39. The number of benzene rings is 1. The van der Waals surface area contributed by atoms with Crippen molar-refractivity contribution in [3.05, 3.63) is 35.9 Å². The number of thioether (sulfide) groups is 1. The number of rotatable bonds is 3. The van der Waals surface area contributed by atoms with Gasteiger partial charge in [0, 0.05) is 5.56 Å². The van der Waals surface area contributed by atoms with Gasteiger partial charge in [0.2, 0.25) is 0 Å². The Bertz CT molecular complexity index is 340. The molecule has 1 aromatic rings. The van der Waals surface area contributed by atoms with Crippen molar-refractivity contribution in [2.24, 2.45) is 16.7 Å². The second-order valence-electron chi connectivity index (χ2n) is 2.83. The molecule has 0 saturated carbocycles. The Hall–Kier alpha value is -1.30. The van der Waals surface area contributed by atoms with E-state index in [4.69, 9.17) is 11.6 Å². The molecule has 4 N–H and O–H groups in total. The first-order chi connectivity index (χ1) is 7.06. The lowest BCUT2D eigenvalue weighted by atomic mass is 10.1. The van der Waals surface area contributed by atoms with Crippen molar-refractivity contribution in [3.8, 4) is 0 Å². The van der Waals surface area contributed by atoms with E-state index in [1.165, 1.54) is 12.1 Å². The van der Waals surface area contributed by atoms with E-state index in [1.54, 1.807) is 18.2 Å². The number of hydrazone groups is 1. The first-order valence-corrected chi connectivity index (χ1v) is 5.14. The van der Waals surface area contributed by atoms with Crippen LogP contribution in [0.1, 0.15) is 5.56 Å². The first kappa shape index (κ1) is 11.8. The van der Waals surface area contributed by atoms with Gasteiger partial charge in [0.25, 0.3) is 5.92 Å². The molecule has 0 saturated heterocycles. The fourth-order valence-corrected chi connectivity index (χ4v) is 1.54. The minimum Gasteiger partial charge on any atom is -0.377 e. The lowest BCUT2D eigenvalue weighted by molar-refractivity contribution is 0.0234. The largest absolute Gasteiger partial charge is 0.377 e. The van der Waals surface area contributed by atoms with E-state index in [-0.39, 0.29) is 10.7 Å². The van der Waals surface area contributed by atoms with Crippen LogP contribution in [0.4, 0.5) is 8.78 Å². The second-order valence-corrected chi connectivity index (χ2v) is 3.82. The van der Waals surface area contributed by atoms with Crippen LogP contribution in [0.15, 0.2) is 35.4 Å². The number of nitrogens with zero attached hydrogens (tertiary/aromatic N) is 1. The third-order valence-corrected chi connectivity index (χ3v) is 2.63. The van der Waals surface area contributed by atoms with Crippen LogP contribution in [0.25, 0.3) is 0 Å². The molecule has 0 aromatic heterocycles. The zero-order valence-electron chi connectivity index (χ0n) is 7.86. The molecule has 15 heavy (non-hydrogen) atoms. The summed E-state index contributed by atoms with van der Waals surface area (Å²) in [6.45, 7) is 0. The van der Waals surface area contributed by atoms with E-state index in [1.807, 2.05) is 0 Å². The molecule has 6 heteroatoms. The summed E-state index contributed by atoms with van der Waals surface area (Å²) in [5, 5.41) is 3.06. The van der Waals surface area contributed by atoms with Crippen LogP contribution < -0.4 is 11.6 Å². The van der Waals surface area contributed by atoms with E-state index in [0.29, 0.717) is 0 Å². The fraction of sp³-hybridized carbons (Fsp3) is 0.222. The van der Waals surface area contributed by atoms with Crippen LogP contribution in [0.5, 0.6) is 0 Å². The van der Waals surface area contributed by atoms with E-state index in [9.17, 15) is 8.78 Å². The SMILES string of the molecule is N/N=C(/N)SCC(F)(F)c1ccccc1. The second kappa shape index (κ2) is 4.97. The number of hydrogen-bond acceptors (Lipinski definition) is 3. The summed E-state index contributed by atoms with van der Waals surface area (Å²) in [6.07, 6.45) is 0. The Balaban J connectivity index is 2.68. The topological polar surface area (TPSA) is 64.4 Å². The van der Waals surface area contributed by atoms with Gasteiger partial charge in [-0.3, -0.25) is 0 Å². The zero-order valence-corrected chi connectivity index (χ0v) is 8.68. The van der Waals surface area contributed by atoms with Gasteiger partial charge in [0.05, 0.1) is 5.75 Å². The van der Waals surface area contributed by atoms with Crippen LogP contribution in [0.2, 0.25) is 0 Å². The number of alkyl halides is 2. The molecule has 0 radical (unpaired) electrons. The van der Waals surface area contributed by atoms with Gasteiger partial charge in [0.1, 0.15) is 0 Å². The fourth-order valence-electron chi connectivity index (χ4n) is 0.967. The lowest BCUT2D eigenvalue weighted by Gasteiger charge is -2.15. The highest BCUT2D eigenvalue weighted by Crippen LogP contribution is 2.31. The van der Waals surface area contributed by atoms with Gasteiger partial charge in [0.15, 0.2) is 5.17 Å². The number of halogens is 2. The van der Waals surface area contributed by atoms with E-state index < -0.39 is 11.7 Å². The maximum Gasteiger partial charge on any atom is 0.282 e. The highest BCUT2D eigenvalue weighted by atomic mass is 32.2. The van der Waals surface area contributed by atoms with Crippen LogP contribution >= 0.6 is 11.8 Å². The van der Waals surface area contributed by atoms with Crippen molar-refractivity contribution in [1.82, 2.24) is 0 Å². The number of hydrogen-bond donors (Lipinski definition) is 2. The van der Waals surface area contributed by atoms with Crippen molar-refractivity contribution in [2.75, 3.05) is 5.75 Å². The molecule has 0 aliphatic rings. The van der Waals surface area contributed by atoms with Crippen LogP contribution in [0, 0.1) is 0 Å². The third-order valence-electron chi connectivity index (χ3n) is 1.72. The van der Waals surface area contributed by atoms with Crippen molar-refractivity contribution < 1.29 is 8.78 Å². The van der Waals surface area contributed by atoms with Gasteiger partial charge < -0.3 is 11.6 Å². The Morgan fingerprint density at radius 1 is 1.33 bits per heavy atom. The maximum absolute atomic E-state index is 13.5. The molecular formula is C9H11F2N3S. The van der Waals surface area contributed by atoms with E-state index in [2.05, 4.69) is 5.10 Å². The smallest absolute Gasteiger partial charge is 0.282 e. The van der Waals surface area contributed by atoms with Gasteiger partial charge in [-0.25, -0.2) is 8.78 Å². The molecule has 0 amide bonds. The van der Waals surface area contributed by atoms with Gasteiger partial charge in [-0.15, -0.1) is 0 Å². The Morgan fingerprint density at radius 2 is 1.93 bits per heavy atom. The molecule has 0 aliphatic heterocycles. The summed E-state index contributed by atoms with van der Waals surface area (Å²) < 4.78 is 27.0. The number of amidine groups is 1. The van der Waals surface area contributed by atoms with Crippen molar-refractivity contribution in [2.45, 2.75) is 5.92 Å². The molecule has 0 unspecified atom stereocenters. The summed E-state index contributed by atoms with van der Waals surface area (Å²) in [7, 11) is 0. The molecule has 3 nitrogen and oxygen atoms in total. The maximum atomic E-state index is 13.5. The Morgan fingerprint density at radius 3 is 2.47 bits per heavy atom. The van der Waals surface area contributed by atoms with E-state index >= 15 is 0 Å². The highest BCUT2D eigenvalue weighted by Gasteiger charge is 2.31. The van der Waals surface area contributed by atoms with E-state index in [0.717, 1.165) is 11.8 Å².